The second kappa shape index (κ2) is 8.00. The van der Waals surface area contributed by atoms with Gasteiger partial charge in [0.25, 0.3) is 5.69 Å². The predicted octanol–water partition coefficient (Wildman–Crippen LogP) is 4.08. The molecule has 0 aliphatic rings. The number of alkyl halides is 1. The standard InChI is InChI=1S/C16H16ClNO4S2/c1-12-2-8-16(9-3-12)24(21,22)11-13(17)10-23-15-6-4-14(5-7-15)18(19)20/h2-9,13H,10-11H2,1H3/t13-/m0/s1. The number of benzene rings is 2. The molecule has 2 aromatic carbocycles. The first kappa shape index (κ1) is 18.8. The molecule has 0 radical (unpaired) electrons. The van der Waals surface area contributed by atoms with Crippen LogP contribution in [-0.2, 0) is 9.84 Å². The lowest BCUT2D eigenvalue weighted by Crippen LogP contribution is -2.18. The molecule has 1 atom stereocenters. The Kier molecular flexibility index (Phi) is 6.26. The van der Waals surface area contributed by atoms with E-state index in [1.165, 1.54) is 23.9 Å². The smallest absolute Gasteiger partial charge is 0.258 e. The molecule has 0 aliphatic carbocycles. The Morgan fingerprint density at radius 2 is 1.71 bits per heavy atom. The summed E-state index contributed by atoms with van der Waals surface area (Å²) in [6.45, 7) is 1.89. The number of hydrogen-bond acceptors (Lipinski definition) is 5. The maximum absolute atomic E-state index is 12.3. The zero-order valence-electron chi connectivity index (χ0n) is 12.9. The van der Waals surface area contributed by atoms with Crippen LogP contribution >= 0.6 is 23.4 Å². The lowest BCUT2D eigenvalue weighted by molar-refractivity contribution is -0.384. The van der Waals surface area contributed by atoms with Crippen LogP contribution in [0.4, 0.5) is 5.69 Å². The highest BCUT2D eigenvalue weighted by molar-refractivity contribution is 7.99. The second-order valence-corrected chi connectivity index (χ2v) is 9.00. The van der Waals surface area contributed by atoms with Gasteiger partial charge in [-0.25, -0.2) is 8.42 Å². The van der Waals surface area contributed by atoms with Crippen LogP contribution in [0.15, 0.2) is 58.3 Å². The Labute approximate surface area is 150 Å². The topological polar surface area (TPSA) is 77.3 Å². The van der Waals surface area contributed by atoms with Gasteiger partial charge in [0.2, 0.25) is 0 Å². The van der Waals surface area contributed by atoms with E-state index in [1.54, 1.807) is 36.4 Å². The molecule has 24 heavy (non-hydrogen) atoms. The average Bonchev–Trinajstić information content (AvgIpc) is 2.53. The number of sulfone groups is 1. The first-order valence-corrected chi connectivity index (χ1v) is 10.2. The summed E-state index contributed by atoms with van der Waals surface area (Å²) < 4.78 is 24.6. The van der Waals surface area contributed by atoms with E-state index < -0.39 is 20.1 Å². The quantitative estimate of drug-likeness (QED) is 0.310. The molecule has 0 amide bonds. The van der Waals surface area contributed by atoms with Gasteiger partial charge in [0.1, 0.15) is 0 Å². The SMILES string of the molecule is Cc1ccc(S(=O)(=O)C[C@@H](Cl)CSc2ccc([N+](=O)[O-])cc2)cc1. The molecule has 2 aromatic rings. The number of aryl methyl sites for hydroxylation is 1. The van der Waals surface area contributed by atoms with Crippen LogP contribution in [0.5, 0.6) is 0 Å². The van der Waals surface area contributed by atoms with E-state index in [2.05, 4.69) is 0 Å². The van der Waals surface area contributed by atoms with Crippen LogP contribution in [0.1, 0.15) is 5.56 Å². The van der Waals surface area contributed by atoms with Gasteiger partial charge < -0.3 is 0 Å². The van der Waals surface area contributed by atoms with Crippen molar-refractivity contribution in [3.05, 3.63) is 64.2 Å². The highest BCUT2D eigenvalue weighted by Gasteiger charge is 2.20. The molecule has 5 nitrogen and oxygen atoms in total. The molecular weight excluding hydrogens is 370 g/mol. The van der Waals surface area contributed by atoms with Crippen molar-refractivity contribution < 1.29 is 13.3 Å². The summed E-state index contributed by atoms with van der Waals surface area (Å²) in [6, 6.07) is 12.7. The largest absolute Gasteiger partial charge is 0.269 e. The molecule has 128 valence electrons. The van der Waals surface area contributed by atoms with Gasteiger partial charge >= 0.3 is 0 Å². The lowest BCUT2D eigenvalue weighted by Gasteiger charge is -2.10. The third-order valence-corrected chi connectivity index (χ3v) is 6.94. The Morgan fingerprint density at radius 1 is 1.12 bits per heavy atom. The monoisotopic (exact) mass is 385 g/mol. The van der Waals surface area contributed by atoms with Crippen molar-refractivity contribution in [2.75, 3.05) is 11.5 Å². The maximum Gasteiger partial charge on any atom is 0.269 e. The van der Waals surface area contributed by atoms with E-state index in [-0.39, 0.29) is 16.3 Å². The van der Waals surface area contributed by atoms with Crippen molar-refractivity contribution in [1.82, 2.24) is 0 Å². The van der Waals surface area contributed by atoms with Gasteiger partial charge in [0.05, 0.1) is 20.9 Å². The number of nitro groups is 1. The summed E-state index contributed by atoms with van der Waals surface area (Å²) in [5.41, 5.74) is 1.01. The number of nitro benzene ring substituents is 1. The summed E-state index contributed by atoms with van der Waals surface area (Å²) in [5, 5.41) is 10.0. The van der Waals surface area contributed by atoms with Gasteiger partial charge in [0, 0.05) is 22.8 Å². The Hall–Kier alpha value is -1.57. The summed E-state index contributed by atoms with van der Waals surface area (Å²) in [7, 11) is -3.43. The third-order valence-electron chi connectivity index (χ3n) is 3.26. The highest BCUT2D eigenvalue weighted by atomic mass is 35.5. The lowest BCUT2D eigenvalue weighted by atomic mass is 10.2. The molecule has 0 bridgehead atoms. The van der Waals surface area contributed by atoms with Crippen molar-refractivity contribution in [3.8, 4) is 0 Å². The predicted molar refractivity (Wildman–Crippen MR) is 96.7 cm³/mol. The fraction of sp³-hybridized carbons (Fsp3) is 0.250. The molecule has 0 saturated heterocycles. The van der Waals surface area contributed by atoms with Gasteiger partial charge in [-0.15, -0.1) is 23.4 Å². The average molecular weight is 386 g/mol. The van der Waals surface area contributed by atoms with Crippen molar-refractivity contribution in [2.45, 2.75) is 22.1 Å². The van der Waals surface area contributed by atoms with Gasteiger partial charge in [-0.05, 0) is 31.2 Å². The molecule has 0 aliphatic heterocycles. The first-order chi connectivity index (χ1) is 11.3. The number of non-ortho nitro benzene ring substituents is 1. The number of nitrogens with zero attached hydrogens (tertiary/aromatic N) is 1. The summed E-state index contributed by atoms with van der Waals surface area (Å²) in [6.07, 6.45) is 0. The van der Waals surface area contributed by atoms with Crippen molar-refractivity contribution >= 4 is 38.9 Å². The van der Waals surface area contributed by atoms with E-state index in [0.717, 1.165) is 10.5 Å². The minimum atomic E-state index is -3.43. The Morgan fingerprint density at radius 3 is 2.25 bits per heavy atom. The van der Waals surface area contributed by atoms with Crippen LogP contribution in [0.2, 0.25) is 0 Å². The third kappa shape index (κ3) is 5.22. The van der Waals surface area contributed by atoms with Crippen molar-refractivity contribution in [1.29, 1.82) is 0 Å². The van der Waals surface area contributed by atoms with Gasteiger partial charge in [-0.3, -0.25) is 10.1 Å². The molecule has 0 unspecified atom stereocenters. The molecule has 2 rings (SSSR count). The summed E-state index contributed by atoms with van der Waals surface area (Å²) in [5.74, 6) is 0.238. The normalized spacial score (nSPS) is 12.8. The van der Waals surface area contributed by atoms with Crippen LogP contribution in [0.25, 0.3) is 0 Å². The number of rotatable bonds is 7. The first-order valence-electron chi connectivity index (χ1n) is 7.09. The van der Waals surface area contributed by atoms with Gasteiger partial charge in [0.15, 0.2) is 9.84 Å². The molecule has 0 saturated carbocycles. The van der Waals surface area contributed by atoms with Crippen LogP contribution < -0.4 is 0 Å². The van der Waals surface area contributed by atoms with E-state index >= 15 is 0 Å². The molecule has 0 aromatic heterocycles. The van der Waals surface area contributed by atoms with E-state index in [1.807, 2.05) is 6.92 Å². The second-order valence-electron chi connectivity index (χ2n) is 5.25. The number of hydrogen-bond donors (Lipinski definition) is 0. The fourth-order valence-corrected chi connectivity index (χ4v) is 4.97. The summed E-state index contributed by atoms with van der Waals surface area (Å²) in [4.78, 5) is 11.2. The Balaban J connectivity index is 1.93. The highest BCUT2D eigenvalue weighted by Crippen LogP contribution is 2.24. The van der Waals surface area contributed by atoms with E-state index in [9.17, 15) is 18.5 Å². The zero-order chi connectivity index (χ0) is 17.7. The minimum Gasteiger partial charge on any atom is -0.258 e. The zero-order valence-corrected chi connectivity index (χ0v) is 15.3. The molecular formula is C16H16ClNO4S2. The molecule has 8 heteroatoms. The van der Waals surface area contributed by atoms with Crippen LogP contribution in [0, 0.1) is 17.0 Å². The van der Waals surface area contributed by atoms with Crippen LogP contribution in [0.3, 0.4) is 0 Å². The minimum absolute atomic E-state index is 0.0173. The van der Waals surface area contributed by atoms with Crippen LogP contribution in [-0.4, -0.2) is 30.2 Å². The van der Waals surface area contributed by atoms with Gasteiger partial charge in [-0.2, -0.15) is 0 Å². The molecule has 0 heterocycles. The number of thioether (sulfide) groups is 1. The van der Waals surface area contributed by atoms with E-state index in [4.69, 9.17) is 11.6 Å². The molecule has 0 spiro atoms. The fourth-order valence-electron chi connectivity index (χ4n) is 1.98. The van der Waals surface area contributed by atoms with Gasteiger partial charge in [-0.1, -0.05) is 17.7 Å². The summed E-state index contributed by atoms with van der Waals surface area (Å²) >= 11 is 7.54. The van der Waals surface area contributed by atoms with Crippen molar-refractivity contribution in [2.24, 2.45) is 0 Å². The van der Waals surface area contributed by atoms with Crippen molar-refractivity contribution in [3.63, 3.8) is 0 Å². The molecule has 0 N–H and O–H groups in total. The number of halogens is 1. The van der Waals surface area contributed by atoms with E-state index in [0.29, 0.717) is 5.75 Å². The maximum atomic E-state index is 12.3. The Bertz CT molecular complexity index is 805. The molecule has 0 fully saturated rings.